The molecule has 2 aliphatic rings. The molecule has 0 radical (unpaired) electrons. The molecule has 0 bridgehead atoms. The molecule has 4 aromatic carbocycles. The van der Waals surface area contributed by atoms with Gasteiger partial charge in [0.2, 0.25) is 11.9 Å². The number of fused-ring (bicyclic) bond motifs is 4. The van der Waals surface area contributed by atoms with Crippen LogP contribution in [0.5, 0.6) is 0 Å². The predicted molar refractivity (Wildman–Crippen MR) is 251 cm³/mol. The van der Waals surface area contributed by atoms with Gasteiger partial charge in [0.1, 0.15) is 21.2 Å². The van der Waals surface area contributed by atoms with Crippen LogP contribution in [0.25, 0.3) is 22.1 Å². The molecule has 20 nitrogen and oxygen atoms in total. The number of carbonyl (C=O) groups excluding carboxylic acids is 2. The zero-order valence-electron chi connectivity index (χ0n) is 38.6. The minimum absolute atomic E-state index is 0. The molecule has 2 N–H and O–H groups in total. The number of esters is 2. The van der Waals surface area contributed by atoms with Crippen molar-refractivity contribution in [3.8, 4) is 0 Å². The van der Waals surface area contributed by atoms with Gasteiger partial charge in [-0.1, -0.05) is 0 Å². The number of aromatic nitrogens is 4. The molecule has 364 valence electrons. The maximum atomic E-state index is 12.2. The molecule has 23 heteroatoms. The molecule has 68 heavy (non-hydrogen) atoms. The van der Waals surface area contributed by atoms with E-state index in [0.717, 1.165) is 61.3 Å². The Morgan fingerprint density at radius 3 is 1.44 bits per heavy atom. The second-order valence-electron chi connectivity index (χ2n) is 16.6. The maximum Gasteiger partial charge on any atom is 0.338 e. The first-order valence-corrected chi connectivity index (χ1v) is 24.4. The van der Waals surface area contributed by atoms with Crippen molar-refractivity contribution in [2.75, 3.05) is 36.6 Å². The number of aryl methyl sites for hydroxylation is 4. The van der Waals surface area contributed by atoms with Crippen molar-refractivity contribution in [3.05, 3.63) is 82.9 Å². The van der Waals surface area contributed by atoms with E-state index in [1.807, 2.05) is 27.7 Å². The summed E-state index contributed by atoms with van der Waals surface area (Å²) >= 11 is 0. The van der Waals surface area contributed by atoms with Crippen LogP contribution < -0.4 is 9.80 Å². The Morgan fingerprint density at radius 1 is 0.662 bits per heavy atom. The quantitative estimate of drug-likeness (QED) is 0.0533. The third-order valence-electron chi connectivity index (χ3n) is 11.6. The second-order valence-corrected chi connectivity index (χ2v) is 19.4. The van der Waals surface area contributed by atoms with Crippen molar-refractivity contribution in [3.63, 3.8) is 0 Å². The van der Waals surface area contributed by atoms with Crippen molar-refractivity contribution in [2.45, 2.75) is 82.2 Å². The van der Waals surface area contributed by atoms with Gasteiger partial charge in [-0.15, -0.1) is 20.5 Å². The fourth-order valence-corrected chi connectivity index (χ4v) is 9.47. The van der Waals surface area contributed by atoms with Crippen LogP contribution in [0.15, 0.2) is 90.9 Å². The number of nitrogens with zero attached hydrogens (tertiary/aromatic N) is 10. The minimum Gasteiger partial charge on any atom is -0.465 e. The van der Waals surface area contributed by atoms with E-state index in [2.05, 4.69) is 40.2 Å². The summed E-state index contributed by atoms with van der Waals surface area (Å²) in [6.45, 7) is 11.8. The fourth-order valence-electron chi connectivity index (χ4n) is 8.22. The van der Waals surface area contributed by atoms with E-state index in [1.165, 1.54) is 19.2 Å². The fraction of sp³-hybridized carbons (Fsp3) is 0.378. The van der Waals surface area contributed by atoms with Crippen molar-refractivity contribution in [1.29, 1.82) is 0 Å². The number of anilines is 2. The summed E-state index contributed by atoms with van der Waals surface area (Å²) < 4.78 is 81.4. The van der Waals surface area contributed by atoms with E-state index in [1.54, 1.807) is 78.7 Å². The van der Waals surface area contributed by atoms with Crippen molar-refractivity contribution in [2.24, 2.45) is 34.6 Å². The SMILES string of the molecule is CCOC(=O)c1ccc2nc(N=Nc3cc4c(cc3S(=O)(=O)O)N(C(C)C)CCC4)n(C)c2c1.COC(=O)c1ccc2nc(N=Nc3cc4c(cc3S(=O)(=O)O)N(C(C)C)CCC4)n(C)c2c1.[Ni]. The number of ether oxygens (including phenoxy) is 2. The average Bonchev–Trinajstić information content (AvgIpc) is 3.78. The number of imidazole rings is 2. The van der Waals surface area contributed by atoms with Crippen LogP contribution in [-0.2, 0) is 73.1 Å². The molecule has 0 unspecified atom stereocenters. The molecule has 0 saturated heterocycles. The molecular formula is C45H52N10NiO10S2. The third-order valence-corrected chi connectivity index (χ3v) is 13.3. The molecule has 8 rings (SSSR count). The van der Waals surface area contributed by atoms with Crippen LogP contribution in [0, 0.1) is 0 Å². The van der Waals surface area contributed by atoms with Gasteiger partial charge in [-0.25, -0.2) is 19.6 Å². The van der Waals surface area contributed by atoms with Crippen molar-refractivity contribution < 1.29 is 61.5 Å². The van der Waals surface area contributed by atoms with Gasteiger partial charge in [0, 0.05) is 67.1 Å². The molecule has 0 fully saturated rings. The number of carbonyl (C=O) groups is 2. The topological polar surface area (TPSA) is 253 Å². The summed E-state index contributed by atoms with van der Waals surface area (Å²) in [7, 11) is -4.33. The summed E-state index contributed by atoms with van der Waals surface area (Å²) in [5, 5.41) is 16.6. The van der Waals surface area contributed by atoms with Gasteiger partial charge in [-0.3, -0.25) is 9.11 Å². The Hall–Kier alpha value is -6.13. The number of methoxy groups -OCH3 is 1. The van der Waals surface area contributed by atoms with E-state index in [-0.39, 0.29) is 68.2 Å². The van der Waals surface area contributed by atoms with Crippen LogP contribution in [0.1, 0.15) is 79.3 Å². The summed E-state index contributed by atoms with van der Waals surface area (Å²) in [5.74, 6) is -0.465. The van der Waals surface area contributed by atoms with Gasteiger partial charge in [-0.05, 0) is 132 Å². The minimum atomic E-state index is -4.53. The van der Waals surface area contributed by atoms with E-state index in [0.29, 0.717) is 33.2 Å². The number of benzene rings is 4. The number of hydrogen-bond acceptors (Lipinski definition) is 16. The molecule has 0 amide bonds. The monoisotopic (exact) mass is 1010 g/mol. The largest absolute Gasteiger partial charge is 0.465 e. The van der Waals surface area contributed by atoms with Gasteiger partial charge in [0.25, 0.3) is 20.2 Å². The van der Waals surface area contributed by atoms with Gasteiger partial charge in [0.15, 0.2) is 0 Å². The molecule has 0 aliphatic carbocycles. The molecule has 0 saturated carbocycles. The smallest absolute Gasteiger partial charge is 0.338 e. The van der Waals surface area contributed by atoms with Crippen LogP contribution in [0.3, 0.4) is 0 Å². The van der Waals surface area contributed by atoms with Gasteiger partial charge in [-0.2, -0.15) is 16.8 Å². The van der Waals surface area contributed by atoms with E-state index in [9.17, 15) is 35.5 Å². The normalized spacial score (nSPS) is 14.1. The molecular weight excluding hydrogens is 963 g/mol. The van der Waals surface area contributed by atoms with Crippen LogP contribution in [0.2, 0.25) is 0 Å². The van der Waals surface area contributed by atoms with E-state index in [4.69, 9.17) is 9.47 Å². The molecule has 6 aromatic rings. The Labute approximate surface area is 403 Å². The van der Waals surface area contributed by atoms with Gasteiger partial charge in [0.05, 0.1) is 46.9 Å². The molecule has 4 heterocycles. The molecule has 0 spiro atoms. The standard InChI is InChI=1S/C23H27N5O5S.C22H25N5O5S.Ni/c1-5-33-22(29)16-8-9-17-20(12-16)27(4)23(24-17)26-25-18-11-15-7-6-10-28(14(2)3)19(15)13-21(18)34(30,31)32;1-13(2)27-9-5-6-14-10-17(20(12-18(14)27)33(29,30)31)24-25-22-23-16-8-7-15(21(28)32-4)11-19(16)26(22)3;/h8-9,11-14H,5-7,10H2,1-4H3,(H,30,31,32);7-8,10-13H,5-6,9H2,1-4H3,(H,29,30,31);. The summed E-state index contributed by atoms with van der Waals surface area (Å²) in [4.78, 5) is 36.3. The van der Waals surface area contributed by atoms with Crippen LogP contribution >= 0.6 is 0 Å². The van der Waals surface area contributed by atoms with Gasteiger partial charge < -0.3 is 28.4 Å². The van der Waals surface area contributed by atoms with E-state index < -0.39 is 32.2 Å². The second kappa shape index (κ2) is 20.6. The zero-order chi connectivity index (χ0) is 48.5. The third kappa shape index (κ3) is 10.8. The van der Waals surface area contributed by atoms with Crippen LogP contribution in [0.4, 0.5) is 34.6 Å². The molecule has 2 aromatic heterocycles. The van der Waals surface area contributed by atoms with E-state index >= 15 is 0 Å². The van der Waals surface area contributed by atoms with Crippen molar-refractivity contribution >= 4 is 88.9 Å². The summed E-state index contributed by atoms with van der Waals surface area (Å²) in [6, 6.07) is 16.5. The van der Waals surface area contributed by atoms with Crippen LogP contribution in [-0.4, -0.2) is 95.9 Å². The first-order chi connectivity index (χ1) is 31.7. The Kier molecular flexibility index (Phi) is 15.5. The zero-order valence-corrected chi connectivity index (χ0v) is 41.3. The number of azo groups is 2. The molecule has 2 aliphatic heterocycles. The molecule has 0 atom stereocenters. The van der Waals surface area contributed by atoms with Gasteiger partial charge >= 0.3 is 11.9 Å². The summed E-state index contributed by atoms with van der Waals surface area (Å²) in [6.07, 6.45) is 3.41. The first kappa shape index (κ1) is 51.3. The predicted octanol–water partition coefficient (Wildman–Crippen LogP) is 8.75. The Bertz CT molecular complexity index is 3200. The average molecular weight is 1020 g/mol. The Morgan fingerprint density at radius 2 is 1.07 bits per heavy atom. The first-order valence-electron chi connectivity index (χ1n) is 21.5. The number of hydrogen-bond donors (Lipinski definition) is 2. The maximum absolute atomic E-state index is 12.2. The Balaban J connectivity index is 0.000000221. The summed E-state index contributed by atoms with van der Waals surface area (Å²) in [5.41, 5.74) is 6.78. The van der Waals surface area contributed by atoms with Crippen molar-refractivity contribution in [1.82, 2.24) is 19.1 Å². The number of rotatable bonds is 11.